The third-order valence-corrected chi connectivity index (χ3v) is 0. The Morgan fingerprint density at radius 2 is 1.25 bits per heavy atom. The molecule has 0 saturated carbocycles. The molecule has 0 radical (unpaired) electrons. The molecule has 0 heterocycles. The Morgan fingerprint density at radius 1 is 1.25 bits per heavy atom. The summed E-state index contributed by atoms with van der Waals surface area (Å²) in [5, 5.41) is 0. The number of halogens is 1. The maximum atomic E-state index is 3.25. The van der Waals surface area contributed by atoms with Crippen molar-refractivity contribution in [1.29, 1.82) is 0 Å². The molecule has 0 aromatic heterocycles. The second-order valence-corrected chi connectivity index (χ2v) is 0. The first-order valence-corrected chi connectivity index (χ1v) is 0.707. The molecule has 0 unspecified atom stereocenters. The summed E-state index contributed by atoms with van der Waals surface area (Å²) in [6.45, 7) is 5.00. The van der Waals surface area contributed by atoms with E-state index in [0.29, 0.717) is 0 Å². The van der Waals surface area contributed by atoms with Gasteiger partial charge in [-0.05, 0) is 0 Å². The summed E-state index contributed by atoms with van der Waals surface area (Å²) < 4.78 is 0. The second kappa shape index (κ2) is 75.7. The molecule has 0 saturated heterocycles. The maximum absolute atomic E-state index is 3.25. The Bertz CT molecular complexity index is 6.00. The summed E-state index contributed by atoms with van der Waals surface area (Å²) >= 11 is 0. The van der Waals surface area contributed by atoms with Crippen LogP contribution in [0.2, 0.25) is 0 Å². The van der Waals surface area contributed by atoms with Crippen LogP contribution in [0.5, 0.6) is 0 Å². The molecule has 0 aliphatic carbocycles. The summed E-state index contributed by atoms with van der Waals surface area (Å²) in [7, 11) is 0. The fourth-order valence-corrected chi connectivity index (χ4v) is 0. The number of hydrogen-bond donors (Lipinski definition) is 0. The Labute approximate surface area is 38.7 Å². The zero-order valence-electron chi connectivity index (χ0n) is 2.79. The summed E-state index contributed by atoms with van der Waals surface area (Å²) in [5.74, 6) is 0. The largest absolute Gasteiger partial charge is 2.00 e. The minimum Gasteiger partial charge on any atom is -1.00 e. The van der Waals surface area contributed by atoms with Crippen molar-refractivity contribution >= 4 is 0 Å². The van der Waals surface area contributed by atoms with E-state index in [1.54, 1.807) is 6.92 Å². The first-order valence-electron chi connectivity index (χ1n) is 0.707. The van der Waals surface area contributed by atoms with Gasteiger partial charge in [0.2, 0.25) is 0 Å². The Balaban J connectivity index is -0.00000000500. The molecule has 0 aliphatic heterocycles. The van der Waals surface area contributed by atoms with Crippen LogP contribution in [0.1, 0.15) is 6.92 Å². The molecule has 0 aromatic carbocycles. The van der Waals surface area contributed by atoms with E-state index in [9.17, 15) is 0 Å². The van der Waals surface area contributed by atoms with E-state index < -0.39 is 0 Å². The molecule has 0 aliphatic rings. The predicted octanol–water partition coefficient (Wildman–Crippen LogP) is -2.16. The van der Waals surface area contributed by atoms with Crippen molar-refractivity contribution in [3.05, 3.63) is 6.92 Å². The summed E-state index contributed by atoms with van der Waals surface area (Å²) in [6.07, 6.45) is 0. The molecule has 0 nitrogen and oxygen atoms in total. The van der Waals surface area contributed by atoms with Gasteiger partial charge in [0.15, 0.2) is 0 Å². The average molecular weight is 113 g/mol. The van der Waals surface area contributed by atoms with E-state index in [-0.39, 0.29) is 24.2 Å². The Hall–Kier alpha value is 0.553. The smallest absolute Gasteiger partial charge is 1.00 e. The predicted molar refractivity (Wildman–Crippen MR) is 11.0 cm³/mol. The van der Waals surface area contributed by atoms with Crippen LogP contribution >= 0.6 is 0 Å². The van der Waals surface area contributed by atoms with Crippen LogP contribution in [-0.2, 0) is 19.5 Å². The first kappa shape index (κ1) is 23.8. The fraction of sp³-hybridized carbons (Fsp3) is 0.500. The minimum absolute atomic E-state index is 0. The summed E-state index contributed by atoms with van der Waals surface area (Å²) in [6, 6.07) is 0. The van der Waals surface area contributed by atoms with E-state index in [4.69, 9.17) is 0 Å². The monoisotopic (exact) mass is 112 g/mol. The molecule has 0 atom stereocenters. The minimum atomic E-state index is 0. The first-order chi connectivity index (χ1) is 1.00. The van der Waals surface area contributed by atoms with Crippen LogP contribution in [0.15, 0.2) is 0 Å². The standard InChI is InChI=1S/C2H5.FH.Zn/c1-2;;/h1H2,2H3;1H;/q-1;;+2/p-1. The van der Waals surface area contributed by atoms with E-state index in [0.717, 1.165) is 0 Å². The van der Waals surface area contributed by atoms with Gasteiger partial charge in [-0.15, -0.1) is 0 Å². The summed E-state index contributed by atoms with van der Waals surface area (Å²) in [5.41, 5.74) is 0. The van der Waals surface area contributed by atoms with Gasteiger partial charge >= 0.3 is 19.5 Å². The average Bonchev–Trinajstić information content (AvgIpc) is 1.00. The van der Waals surface area contributed by atoms with E-state index in [2.05, 4.69) is 6.92 Å². The maximum Gasteiger partial charge on any atom is 2.00 e. The molecule has 0 fully saturated rings. The molecule has 0 bridgehead atoms. The second-order valence-electron chi connectivity index (χ2n) is 0. The molecule has 0 rings (SSSR count). The zero-order valence-corrected chi connectivity index (χ0v) is 5.76. The van der Waals surface area contributed by atoms with Crippen LogP contribution in [0.25, 0.3) is 0 Å². The topological polar surface area (TPSA) is 0 Å². The van der Waals surface area contributed by atoms with Crippen molar-refractivity contribution in [1.82, 2.24) is 0 Å². The van der Waals surface area contributed by atoms with Crippen LogP contribution in [0, 0.1) is 6.92 Å². The van der Waals surface area contributed by atoms with E-state index in [1.165, 1.54) is 0 Å². The van der Waals surface area contributed by atoms with Gasteiger partial charge in [-0.3, -0.25) is 0 Å². The van der Waals surface area contributed by atoms with Crippen molar-refractivity contribution in [2.24, 2.45) is 0 Å². The fourth-order valence-electron chi connectivity index (χ4n) is 0. The molecule has 4 heavy (non-hydrogen) atoms. The van der Waals surface area contributed by atoms with Gasteiger partial charge in [-0.25, -0.2) is 0 Å². The molecular weight excluding hydrogens is 108 g/mol. The van der Waals surface area contributed by atoms with Crippen molar-refractivity contribution in [3.8, 4) is 0 Å². The van der Waals surface area contributed by atoms with Crippen LogP contribution in [-0.4, -0.2) is 0 Å². The quantitative estimate of drug-likeness (QED) is 0.248. The Morgan fingerprint density at radius 3 is 1.25 bits per heavy atom. The van der Waals surface area contributed by atoms with Crippen LogP contribution in [0.3, 0.4) is 0 Å². The number of rotatable bonds is 0. The molecule has 0 N–H and O–H groups in total. The molecule has 0 aromatic rings. The third-order valence-electron chi connectivity index (χ3n) is 0. The Kier molecular flexibility index (Phi) is 451. The zero-order chi connectivity index (χ0) is 2.00. The van der Waals surface area contributed by atoms with Gasteiger partial charge in [0, 0.05) is 0 Å². The van der Waals surface area contributed by atoms with Gasteiger partial charge in [0.05, 0.1) is 0 Å². The van der Waals surface area contributed by atoms with Crippen molar-refractivity contribution in [3.63, 3.8) is 0 Å². The van der Waals surface area contributed by atoms with Gasteiger partial charge in [0.1, 0.15) is 0 Å². The van der Waals surface area contributed by atoms with Gasteiger partial charge in [0.25, 0.3) is 0 Å². The van der Waals surface area contributed by atoms with Gasteiger partial charge in [-0.1, -0.05) is 0 Å². The molecule has 0 spiro atoms. The van der Waals surface area contributed by atoms with Gasteiger partial charge < -0.3 is 11.6 Å². The molecular formula is C2H5FZn. The summed E-state index contributed by atoms with van der Waals surface area (Å²) in [4.78, 5) is 0. The van der Waals surface area contributed by atoms with Crippen LogP contribution in [0.4, 0.5) is 0 Å². The van der Waals surface area contributed by atoms with E-state index >= 15 is 0 Å². The van der Waals surface area contributed by atoms with Crippen molar-refractivity contribution in [2.45, 2.75) is 6.92 Å². The van der Waals surface area contributed by atoms with Crippen molar-refractivity contribution in [2.75, 3.05) is 0 Å². The third kappa shape index (κ3) is 20.1. The molecule has 0 amide bonds. The molecule has 2 heteroatoms. The van der Waals surface area contributed by atoms with Crippen LogP contribution < -0.4 is 4.70 Å². The normalized spacial score (nSPS) is 1.50. The van der Waals surface area contributed by atoms with E-state index in [1.807, 2.05) is 0 Å². The van der Waals surface area contributed by atoms with Crippen molar-refractivity contribution < 1.29 is 24.2 Å². The SMILES string of the molecule is [CH2-]C.[F-].[Zn+2]. The van der Waals surface area contributed by atoms with Gasteiger partial charge in [-0.2, -0.15) is 6.92 Å². The number of hydrogen-bond acceptors (Lipinski definition) is 0. The molecule has 22 valence electrons.